The molecular weight excluding hydrogens is 253 g/mol. The molecule has 0 aromatic heterocycles. The Morgan fingerprint density at radius 3 is 2.65 bits per heavy atom. The van der Waals surface area contributed by atoms with Crippen LogP contribution in [0.25, 0.3) is 0 Å². The number of benzene rings is 1. The Morgan fingerprint density at radius 2 is 2.00 bits per heavy atom. The van der Waals surface area contributed by atoms with Gasteiger partial charge in [-0.1, -0.05) is 55.5 Å². The number of halogens is 2. The van der Waals surface area contributed by atoms with Gasteiger partial charge in [-0.3, -0.25) is 0 Å². The Balaban J connectivity index is 2.34. The minimum absolute atomic E-state index is 0.535. The number of unbranched alkanes of at least 4 members (excludes halogenated alkanes) is 2. The average molecular weight is 274 g/mol. The quantitative estimate of drug-likeness (QED) is 0.686. The van der Waals surface area contributed by atoms with E-state index in [9.17, 15) is 0 Å². The van der Waals surface area contributed by atoms with Gasteiger partial charge in [0.1, 0.15) is 0 Å². The third-order valence-electron chi connectivity index (χ3n) is 2.90. The lowest BCUT2D eigenvalue weighted by Crippen LogP contribution is -2.25. The summed E-state index contributed by atoms with van der Waals surface area (Å²) in [6, 6.07) is 6.19. The van der Waals surface area contributed by atoms with Crippen LogP contribution in [0, 0.1) is 0 Å². The molecule has 17 heavy (non-hydrogen) atoms. The third kappa shape index (κ3) is 5.76. The molecular formula is C14H21Cl2N. The predicted molar refractivity (Wildman–Crippen MR) is 76.9 cm³/mol. The third-order valence-corrected chi connectivity index (χ3v) is 3.48. The van der Waals surface area contributed by atoms with E-state index in [1.165, 1.54) is 25.7 Å². The molecule has 1 rings (SSSR count). The van der Waals surface area contributed by atoms with Crippen molar-refractivity contribution in [3.63, 3.8) is 0 Å². The normalized spacial score (nSPS) is 12.7. The van der Waals surface area contributed by atoms with Gasteiger partial charge in [0.05, 0.1) is 0 Å². The molecule has 0 radical (unpaired) electrons. The van der Waals surface area contributed by atoms with Gasteiger partial charge in [-0.25, -0.2) is 0 Å². The van der Waals surface area contributed by atoms with Crippen molar-refractivity contribution in [2.24, 2.45) is 0 Å². The molecule has 0 aliphatic carbocycles. The lowest BCUT2D eigenvalue weighted by molar-refractivity contribution is 0.487. The Bertz CT molecular complexity index is 339. The second-order valence-electron chi connectivity index (χ2n) is 4.51. The summed E-state index contributed by atoms with van der Waals surface area (Å²) < 4.78 is 0. The Morgan fingerprint density at radius 1 is 1.24 bits per heavy atom. The molecule has 0 saturated carbocycles. The van der Waals surface area contributed by atoms with Gasteiger partial charge in [0.15, 0.2) is 0 Å². The highest BCUT2D eigenvalue weighted by molar-refractivity contribution is 6.35. The molecule has 0 aliphatic rings. The van der Waals surface area contributed by atoms with Crippen molar-refractivity contribution in [2.45, 2.75) is 52.1 Å². The first-order valence-corrected chi connectivity index (χ1v) is 7.06. The molecule has 3 heteroatoms. The molecule has 0 aliphatic heterocycles. The summed E-state index contributed by atoms with van der Waals surface area (Å²) in [6.45, 7) is 5.26. The fourth-order valence-electron chi connectivity index (χ4n) is 1.75. The van der Waals surface area contributed by atoms with Crippen molar-refractivity contribution < 1.29 is 0 Å². The largest absolute Gasteiger partial charge is 0.310 e. The summed E-state index contributed by atoms with van der Waals surface area (Å²) in [5.41, 5.74) is 1.11. The molecule has 0 fully saturated rings. The van der Waals surface area contributed by atoms with Crippen LogP contribution in [0.5, 0.6) is 0 Å². The molecule has 0 spiro atoms. The van der Waals surface area contributed by atoms with Crippen LogP contribution >= 0.6 is 23.2 Å². The van der Waals surface area contributed by atoms with E-state index in [1.807, 2.05) is 12.1 Å². The number of rotatable bonds is 7. The van der Waals surface area contributed by atoms with Crippen molar-refractivity contribution in [3.8, 4) is 0 Å². The number of nitrogens with one attached hydrogen (secondary N) is 1. The lowest BCUT2D eigenvalue weighted by atomic mass is 10.1. The highest BCUT2D eigenvalue weighted by Gasteiger charge is 2.04. The minimum Gasteiger partial charge on any atom is -0.310 e. The molecule has 0 bridgehead atoms. The van der Waals surface area contributed by atoms with Crippen LogP contribution < -0.4 is 5.32 Å². The Labute approximate surface area is 115 Å². The van der Waals surface area contributed by atoms with Gasteiger partial charge in [0.25, 0.3) is 0 Å². The molecule has 96 valence electrons. The van der Waals surface area contributed by atoms with Crippen molar-refractivity contribution in [1.29, 1.82) is 0 Å². The fourth-order valence-corrected chi connectivity index (χ4v) is 2.23. The summed E-state index contributed by atoms with van der Waals surface area (Å²) >= 11 is 12.0. The first kappa shape index (κ1) is 14.8. The van der Waals surface area contributed by atoms with Gasteiger partial charge in [-0.05, 0) is 31.0 Å². The Hall–Kier alpha value is -0.240. The second kappa shape index (κ2) is 7.97. The molecule has 1 atom stereocenters. The number of hydrogen-bond acceptors (Lipinski definition) is 1. The summed E-state index contributed by atoms with van der Waals surface area (Å²) in [6.07, 6.45) is 5.10. The fraction of sp³-hybridized carbons (Fsp3) is 0.571. The van der Waals surface area contributed by atoms with Crippen LogP contribution in [-0.4, -0.2) is 6.04 Å². The van der Waals surface area contributed by atoms with Gasteiger partial charge in [-0.2, -0.15) is 0 Å². The van der Waals surface area contributed by atoms with Crippen LogP contribution in [0.4, 0.5) is 0 Å². The van der Waals surface area contributed by atoms with Crippen molar-refractivity contribution >= 4 is 23.2 Å². The maximum atomic E-state index is 6.12. The van der Waals surface area contributed by atoms with Gasteiger partial charge in [0, 0.05) is 22.6 Å². The molecule has 1 unspecified atom stereocenters. The van der Waals surface area contributed by atoms with E-state index in [2.05, 4.69) is 19.2 Å². The molecule has 0 heterocycles. The van der Waals surface area contributed by atoms with E-state index in [-0.39, 0.29) is 0 Å². The summed E-state index contributed by atoms with van der Waals surface area (Å²) in [5.74, 6) is 0. The monoisotopic (exact) mass is 273 g/mol. The zero-order valence-electron chi connectivity index (χ0n) is 10.6. The first-order chi connectivity index (χ1) is 8.13. The lowest BCUT2D eigenvalue weighted by Gasteiger charge is -2.14. The van der Waals surface area contributed by atoms with Gasteiger partial charge in [0.2, 0.25) is 0 Å². The summed E-state index contributed by atoms with van der Waals surface area (Å²) in [7, 11) is 0. The molecule has 0 amide bonds. The highest BCUT2D eigenvalue weighted by Crippen LogP contribution is 2.20. The predicted octanol–water partition coefficient (Wildman–Crippen LogP) is 5.05. The van der Waals surface area contributed by atoms with E-state index >= 15 is 0 Å². The van der Waals surface area contributed by atoms with Crippen LogP contribution in [-0.2, 0) is 6.54 Å². The van der Waals surface area contributed by atoms with E-state index < -0.39 is 0 Å². The van der Waals surface area contributed by atoms with Crippen LogP contribution in [0.2, 0.25) is 10.0 Å². The topological polar surface area (TPSA) is 12.0 Å². The van der Waals surface area contributed by atoms with E-state index in [4.69, 9.17) is 23.2 Å². The van der Waals surface area contributed by atoms with Crippen molar-refractivity contribution in [1.82, 2.24) is 5.32 Å². The second-order valence-corrected chi connectivity index (χ2v) is 5.36. The van der Waals surface area contributed by atoms with E-state index in [0.717, 1.165) is 17.1 Å². The summed E-state index contributed by atoms with van der Waals surface area (Å²) in [4.78, 5) is 0. The minimum atomic E-state index is 0.535. The van der Waals surface area contributed by atoms with Crippen molar-refractivity contribution in [2.75, 3.05) is 0 Å². The van der Waals surface area contributed by atoms with Gasteiger partial charge >= 0.3 is 0 Å². The molecule has 0 saturated heterocycles. The average Bonchev–Trinajstić information content (AvgIpc) is 2.28. The SMILES string of the molecule is CCCCCC(C)NCc1ccc(Cl)cc1Cl. The molecule has 1 nitrogen and oxygen atoms in total. The van der Waals surface area contributed by atoms with Crippen LogP contribution in [0.1, 0.15) is 45.1 Å². The van der Waals surface area contributed by atoms with E-state index in [1.54, 1.807) is 6.07 Å². The zero-order valence-corrected chi connectivity index (χ0v) is 12.1. The van der Waals surface area contributed by atoms with Crippen molar-refractivity contribution in [3.05, 3.63) is 33.8 Å². The maximum Gasteiger partial charge on any atom is 0.0465 e. The number of hydrogen-bond donors (Lipinski definition) is 1. The molecule has 1 aromatic rings. The van der Waals surface area contributed by atoms with Gasteiger partial charge in [-0.15, -0.1) is 0 Å². The van der Waals surface area contributed by atoms with Crippen LogP contribution in [0.3, 0.4) is 0 Å². The van der Waals surface area contributed by atoms with Crippen LogP contribution in [0.15, 0.2) is 18.2 Å². The maximum absolute atomic E-state index is 6.12. The molecule has 1 aromatic carbocycles. The zero-order chi connectivity index (χ0) is 12.7. The Kier molecular flexibility index (Phi) is 6.94. The summed E-state index contributed by atoms with van der Waals surface area (Å²) in [5, 5.41) is 4.92. The first-order valence-electron chi connectivity index (χ1n) is 6.30. The van der Waals surface area contributed by atoms with E-state index in [0.29, 0.717) is 11.1 Å². The molecule has 1 N–H and O–H groups in total. The van der Waals surface area contributed by atoms with Gasteiger partial charge < -0.3 is 5.32 Å². The highest BCUT2D eigenvalue weighted by atomic mass is 35.5. The standard InChI is InChI=1S/C14H21Cl2N/c1-3-4-5-6-11(2)17-10-12-7-8-13(15)9-14(12)16/h7-9,11,17H,3-6,10H2,1-2H3. The smallest absolute Gasteiger partial charge is 0.0465 e.